The van der Waals surface area contributed by atoms with Gasteiger partial charge in [0.1, 0.15) is 0 Å². The monoisotopic (exact) mass is 236 g/mol. The number of hydrogen-bond acceptors (Lipinski definition) is 3. The largest absolute Gasteiger partial charge is 0.381 e. The highest BCUT2D eigenvalue weighted by atomic mass is 15.5. The van der Waals surface area contributed by atoms with Gasteiger partial charge in [-0.05, 0) is 37.5 Å². The molecule has 1 fully saturated rings. The molecule has 4 heteroatoms. The molecule has 1 aromatic rings. The van der Waals surface area contributed by atoms with E-state index >= 15 is 0 Å². The zero-order valence-corrected chi connectivity index (χ0v) is 11.2. The zero-order valence-electron chi connectivity index (χ0n) is 11.2. The predicted octanol–water partition coefficient (Wildman–Crippen LogP) is 2.81. The minimum Gasteiger partial charge on any atom is -0.381 e. The summed E-state index contributed by atoms with van der Waals surface area (Å²) < 4.78 is 2.10. The Labute approximate surface area is 104 Å². The van der Waals surface area contributed by atoms with Crippen molar-refractivity contribution >= 4 is 5.82 Å². The first-order valence-corrected chi connectivity index (χ1v) is 6.81. The molecule has 96 valence electrons. The second kappa shape index (κ2) is 5.07. The molecule has 0 aromatic carbocycles. The van der Waals surface area contributed by atoms with Crippen LogP contribution in [0.4, 0.5) is 5.82 Å². The SMILES string of the molecule is CCCc1c(N)nnn1C1CC(C)CC(C)C1. The van der Waals surface area contributed by atoms with Crippen molar-refractivity contribution in [2.75, 3.05) is 5.73 Å². The van der Waals surface area contributed by atoms with Crippen molar-refractivity contribution in [3.8, 4) is 0 Å². The second-order valence-corrected chi connectivity index (χ2v) is 5.69. The molecule has 1 heterocycles. The number of anilines is 1. The summed E-state index contributed by atoms with van der Waals surface area (Å²) in [5, 5.41) is 8.32. The maximum atomic E-state index is 5.91. The van der Waals surface area contributed by atoms with Crippen LogP contribution in [0.25, 0.3) is 0 Å². The topological polar surface area (TPSA) is 56.7 Å². The van der Waals surface area contributed by atoms with Crippen LogP contribution in [-0.4, -0.2) is 15.0 Å². The van der Waals surface area contributed by atoms with Crippen LogP contribution in [-0.2, 0) is 6.42 Å². The molecular weight excluding hydrogens is 212 g/mol. The zero-order chi connectivity index (χ0) is 12.4. The predicted molar refractivity (Wildman–Crippen MR) is 69.6 cm³/mol. The normalized spacial score (nSPS) is 29.5. The minimum atomic E-state index is 0.500. The molecule has 2 unspecified atom stereocenters. The standard InChI is InChI=1S/C13H24N4/c1-4-5-12-13(14)15-16-17(12)11-7-9(2)6-10(3)8-11/h9-11H,4-8,14H2,1-3H3. The number of nitrogen functional groups attached to an aromatic ring is 1. The van der Waals surface area contributed by atoms with E-state index in [1.165, 1.54) is 19.3 Å². The van der Waals surface area contributed by atoms with E-state index in [0.29, 0.717) is 11.9 Å². The van der Waals surface area contributed by atoms with Crippen LogP contribution >= 0.6 is 0 Å². The third kappa shape index (κ3) is 2.61. The first-order chi connectivity index (χ1) is 8.11. The van der Waals surface area contributed by atoms with E-state index in [4.69, 9.17) is 5.73 Å². The fraction of sp³-hybridized carbons (Fsp3) is 0.846. The van der Waals surface area contributed by atoms with E-state index < -0.39 is 0 Å². The van der Waals surface area contributed by atoms with Crippen molar-refractivity contribution in [2.24, 2.45) is 11.8 Å². The van der Waals surface area contributed by atoms with E-state index in [-0.39, 0.29) is 0 Å². The molecule has 0 spiro atoms. The number of nitrogens with zero attached hydrogens (tertiary/aromatic N) is 3. The van der Waals surface area contributed by atoms with Crippen LogP contribution in [0.15, 0.2) is 0 Å². The molecule has 0 aliphatic heterocycles. The third-order valence-electron chi connectivity index (χ3n) is 3.81. The van der Waals surface area contributed by atoms with Gasteiger partial charge in [-0.1, -0.05) is 32.4 Å². The van der Waals surface area contributed by atoms with Crippen molar-refractivity contribution in [2.45, 2.75) is 58.9 Å². The lowest BCUT2D eigenvalue weighted by Gasteiger charge is -2.32. The fourth-order valence-corrected chi connectivity index (χ4v) is 3.20. The van der Waals surface area contributed by atoms with Crippen LogP contribution in [0.2, 0.25) is 0 Å². The third-order valence-corrected chi connectivity index (χ3v) is 3.81. The van der Waals surface area contributed by atoms with E-state index in [9.17, 15) is 0 Å². The summed E-state index contributed by atoms with van der Waals surface area (Å²) in [6.07, 6.45) is 5.84. The highest BCUT2D eigenvalue weighted by Gasteiger charge is 2.27. The molecule has 17 heavy (non-hydrogen) atoms. The average molecular weight is 236 g/mol. The summed E-state index contributed by atoms with van der Waals surface area (Å²) in [4.78, 5) is 0. The molecule has 1 aliphatic carbocycles. The van der Waals surface area contributed by atoms with Gasteiger partial charge in [0.15, 0.2) is 5.82 Å². The Hall–Kier alpha value is -1.06. The van der Waals surface area contributed by atoms with Gasteiger partial charge in [0, 0.05) is 0 Å². The van der Waals surface area contributed by atoms with E-state index in [1.54, 1.807) is 0 Å². The molecule has 1 aliphatic rings. The molecule has 0 bridgehead atoms. The summed E-state index contributed by atoms with van der Waals surface area (Å²) in [7, 11) is 0. The molecule has 1 saturated carbocycles. The smallest absolute Gasteiger partial charge is 0.169 e. The lowest BCUT2D eigenvalue weighted by Crippen LogP contribution is -2.24. The highest BCUT2D eigenvalue weighted by Crippen LogP contribution is 2.36. The Balaban J connectivity index is 2.21. The summed E-state index contributed by atoms with van der Waals surface area (Å²) in [6, 6.07) is 0.500. The molecule has 4 nitrogen and oxygen atoms in total. The van der Waals surface area contributed by atoms with E-state index in [2.05, 4.69) is 35.8 Å². The van der Waals surface area contributed by atoms with Gasteiger partial charge in [0.25, 0.3) is 0 Å². The van der Waals surface area contributed by atoms with Crippen molar-refractivity contribution in [1.82, 2.24) is 15.0 Å². The van der Waals surface area contributed by atoms with Crippen molar-refractivity contribution in [1.29, 1.82) is 0 Å². The number of nitrogens with two attached hydrogens (primary N) is 1. The van der Waals surface area contributed by atoms with Gasteiger partial charge in [-0.25, -0.2) is 4.68 Å². The van der Waals surface area contributed by atoms with Crippen LogP contribution in [0.3, 0.4) is 0 Å². The Bertz CT molecular complexity index is 361. The van der Waals surface area contributed by atoms with Crippen molar-refractivity contribution < 1.29 is 0 Å². The summed E-state index contributed by atoms with van der Waals surface area (Å²) in [5.74, 6) is 2.19. The molecular formula is C13H24N4. The van der Waals surface area contributed by atoms with Gasteiger partial charge in [-0.2, -0.15) is 0 Å². The lowest BCUT2D eigenvalue weighted by atomic mass is 9.80. The molecule has 1 aromatic heterocycles. The van der Waals surface area contributed by atoms with E-state index in [1.807, 2.05) is 0 Å². The first kappa shape index (κ1) is 12.4. The summed E-state index contributed by atoms with van der Waals surface area (Å²) >= 11 is 0. The quantitative estimate of drug-likeness (QED) is 0.878. The number of rotatable bonds is 3. The number of hydrogen-bond donors (Lipinski definition) is 1. The Morgan fingerprint density at radius 1 is 1.24 bits per heavy atom. The molecule has 2 rings (SSSR count). The van der Waals surface area contributed by atoms with Crippen LogP contribution in [0.1, 0.15) is 58.2 Å². The van der Waals surface area contributed by atoms with Crippen molar-refractivity contribution in [3.05, 3.63) is 5.69 Å². The Morgan fingerprint density at radius 3 is 2.47 bits per heavy atom. The fourth-order valence-electron chi connectivity index (χ4n) is 3.20. The highest BCUT2D eigenvalue weighted by molar-refractivity contribution is 5.33. The second-order valence-electron chi connectivity index (χ2n) is 5.69. The molecule has 2 atom stereocenters. The van der Waals surface area contributed by atoms with Crippen LogP contribution in [0.5, 0.6) is 0 Å². The van der Waals surface area contributed by atoms with Crippen LogP contribution in [0, 0.1) is 11.8 Å². The molecule has 0 amide bonds. The van der Waals surface area contributed by atoms with Crippen LogP contribution < -0.4 is 5.73 Å². The molecule has 2 N–H and O–H groups in total. The van der Waals surface area contributed by atoms with Gasteiger partial charge < -0.3 is 5.73 Å². The Kier molecular flexibility index (Phi) is 3.69. The number of aromatic nitrogens is 3. The van der Waals surface area contributed by atoms with Gasteiger partial charge in [-0.15, -0.1) is 5.10 Å². The van der Waals surface area contributed by atoms with Gasteiger partial charge in [0.2, 0.25) is 0 Å². The minimum absolute atomic E-state index is 0.500. The summed E-state index contributed by atoms with van der Waals surface area (Å²) in [5.41, 5.74) is 7.05. The maximum absolute atomic E-state index is 5.91. The summed E-state index contributed by atoms with van der Waals surface area (Å²) in [6.45, 7) is 6.84. The van der Waals surface area contributed by atoms with Gasteiger partial charge in [-0.3, -0.25) is 0 Å². The first-order valence-electron chi connectivity index (χ1n) is 6.81. The lowest BCUT2D eigenvalue weighted by molar-refractivity contribution is 0.204. The maximum Gasteiger partial charge on any atom is 0.169 e. The molecule has 0 saturated heterocycles. The van der Waals surface area contributed by atoms with E-state index in [0.717, 1.165) is 30.4 Å². The van der Waals surface area contributed by atoms with Crippen molar-refractivity contribution in [3.63, 3.8) is 0 Å². The average Bonchev–Trinajstić information content (AvgIpc) is 2.60. The van der Waals surface area contributed by atoms with Gasteiger partial charge >= 0.3 is 0 Å². The Morgan fingerprint density at radius 2 is 1.88 bits per heavy atom. The van der Waals surface area contributed by atoms with Gasteiger partial charge in [0.05, 0.1) is 11.7 Å². The molecule has 0 radical (unpaired) electrons.